The molecule has 2 heterocycles. The van der Waals surface area contributed by atoms with Crippen LogP contribution in [0.25, 0.3) is 0 Å². The minimum absolute atomic E-state index is 0.229. The highest BCUT2D eigenvalue weighted by Gasteiger charge is 2.08. The molecule has 0 aliphatic rings. The molecule has 100 valence electrons. The van der Waals surface area contributed by atoms with Gasteiger partial charge in [-0.15, -0.1) is 11.3 Å². The minimum Gasteiger partial charge on any atom is -0.372 e. The fourth-order valence-electron chi connectivity index (χ4n) is 1.47. The summed E-state index contributed by atoms with van der Waals surface area (Å²) in [5.41, 5.74) is 0.302. The summed E-state index contributed by atoms with van der Waals surface area (Å²) in [4.78, 5) is 21.0. The topological polar surface area (TPSA) is 66.9 Å². The number of hydrogen-bond acceptors (Lipinski definition) is 5. The monoisotopic (exact) mass is 296 g/mol. The van der Waals surface area contributed by atoms with Crippen LogP contribution in [0.1, 0.15) is 15.4 Å². The normalized spacial score (nSPS) is 10.2. The van der Waals surface area contributed by atoms with Gasteiger partial charge in [-0.3, -0.25) is 9.78 Å². The Morgan fingerprint density at radius 2 is 2.26 bits per heavy atom. The van der Waals surface area contributed by atoms with Gasteiger partial charge in [-0.25, -0.2) is 4.98 Å². The molecule has 2 N–H and O–H groups in total. The van der Waals surface area contributed by atoms with Gasteiger partial charge in [-0.05, 0) is 18.6 Å². The van der Waals surface area contributed by atoms with Gasteiger partial charge in [0.1, 0.15) is 11.5 Å². The quantitative estimate of drug-likeness (QED) is 0.888. The van der Waals surface area contributed by atoms with Crippen LogP contribution in [0.5, 0.6) is 0 Å². The molecule has 1 amide bonds. The van der Waals surface area contributed by atoms with Gasteiger partial charge in [0.15, 0.2) is 0 Å². The fraction of sp³-hybridized carbons (Fsp3) is 0.250. The number of amides is 1. The lowest BCUT2D eigenvalue weighted by atomic mass is 10.3. The number of nitrogens with one attached hydrogen (secondary N) is 2. The lowest BCUT2D eigenvalue weighted by Crippen LogP contribution is -2.26. The minimum atomic E-state index is -0.229. The lowest BCUT2D eigenvalue weighted by Gasteiger charge is -2.04. The van der Waals surface area contributed by atoms with Crippen molar-refractivity contribution in [3.05, 3.63) is 39.4 Å². The molecule has 0 bridgehead atoms. The Balaban J connectivity index is 1.87. The van der Waals surface area contributed by atoms with E-state index in [1.807, 2.05) is 12.1 Å². The number of anilines is 1. The highest BCUT2D eigenvalue weighted by atomic mass is 35.5. The smallest absolute Gasteiger partial charge is 0.271 e. The van der Waals surface area contributed by atoms with Crippen molar-refractivity contribution in [2.24, 2.45) is 0 Å². The Morgan fingerprint density at radius 3 is 2.95 bits per heavy atom. The number of halogens is 1. The van der Waals surface area contributed by atoms with Crippen LogP contribution in [-0.2, 0) is 6.42 Å². The van der Waals surface area contributed by atoms with Gasteiger partial charge in [0.25, 0.3) is 5.91 Å². The van der Waals surface area contributed by atoms with Gasteiger partial charge in [0, 0.05) is 18.5 Å². The van der Waals surface area contributed by atoms with Crippen molar-refractivity contribution in [3.8, 4) is 0 Å². The van der Waals surface area contributed by atoms with E-state index in [2.05, 4.69) is 20.6 Å². The van der Waals surface area contributed by atoms with Crippen molar-refractivity contribution in [3.63, 3.8) is 0 Å². The molecule has 2 aromatic heterocycles. The molecule has 0 saturated heterocycles. The highest BCUT2D eigenvalue weighted by Crippen LogP contribution is 2.21. The molecular formula is C12H13ClN4OS. The summed E-state index contributed by atoms with van der Waals surface area (Å²) in [6.45, 7) is 0.543. The van der Waals surface area contributed by atoms with Crippen molar-refractivity contribution in [2.75, 3.05) is 18.9 Å². The summed E-state index contributed by atoms with van der Waals surface area (Å²) in [6, 6.07) is 3.81. The van der Waals surface area contributed by atoms with Gasteiger partial charge in [0.2, 0.25) is 0 Å². The second-order valence-electron chi connectivity index (χ2n) is 3.75. The van der Waals surface area contributed by atoms with Crippen LogP contribution in [0.15, 0.2) is 24.5 Å². The Hall–Kier alpha value is -1.66. The lowest BCUT2D eigenvalue weighted by molar-refractivity contribution is 0.0949. The summed E-state index contributed by atoms with van der Waals surface area (Å²) in [5, 5.41) is 5.64. The largest absolute Gasteiger partial charge is 0.372 e. The summed E-state index contributed by atoms with van der Waals surface area (Å²) in [7, 11) is 1.73. The molecule has 0 atom stereocenters. The van der Waals surface area contributed by atoms with Crippen LogP contribution in [0.4, 0.5) is 5.82 Å². The predicted molar refractivity (Wildman–Crippen MR) is 76.9 cm³/mol. The van der Waals surface area contributed by atoms with E-state index in [0.717, 1.165) is 15.6 Å². The van der Waals surface area contributed by atoms with Crippen molar-refractivity contribution < 1.29 is 4.79 Å². The molecule has 0 spiro atoms. The van der Waals surface area contributed by atoms with Crippen LogP contribution >= 0.6 is 22.9 Å². The summed E-state index contributed by atoms with van der Waals surface area (Å²) >= 11 is 7.35. The maximum absolute atomic E-state index is 11.8. The third kappa shape index (κ3) is 3.90. The summed E-state index contributed by atoms with van der Waals surface area (Å²) in [5.74, 6) is 0.338. The van der Waals surface area contributed by atoms with Crippen LogP contribution in [0, 0.1) is 0 Å². The first kappa shape index (κ1) is 13.8. The van der Waals surface area contributed by atoms with E-state index in [1.165, 1.54) is 17.5 Å². The summed E-state index contributed by atoms with van der Waals surface area (Å²) < 4.78 is 0.758. The average Bonchev–Trinajstić information content (AvgIpc) is 2.84. The molecule has 7 heteroatoms. The number of thiophene rings is 1. The van der Waals surface area contributed by atoms with Crippen molar-refractivity contribution >= 4 is 34.7 Å². The molecule has 0 fully saturated rings. The first-order valence-corrected chi connectivity index (χ1v) is 6.90. The average molecular weight is 297 g/mol. The van der Waals surface area contributed by atoms with E-state index >= 15 is 0 Å². The van der Waals surface area contributed by atoms with Gasteiger partial charge in [0.05, 0.1) is 16.7 Å². The first-order chi connectivity index (χ1) is 9.19. The Kier molecular flexibility index (Phi) is 4.70. The van der Waals surface area contributed by atoms with Crippen LogP contribution < -0.4 is 10.6 Å². The third-order valence-electron chi connectivity index (χ3n) is 2.41. The number of carbonyl (C=O) groups is 1. The van der Waals surface area contributed by atoms with E-state index in [1.54, 1.807) is 13.2 Å². The van der Waals surface area contributed by atoms with E-state index in [-0.39, 0.29) is 5.91 Å². The van der Waals surface area contributed by atoms with Crippen molar-refractivity contribution in [1.82, 2.24) is 15.3 Å². The first-order valence-electron chi connectivity index (χ1n) is 5.71. The predicted octanol–water partition coefficient (Wildman–Crippen LogP) is 2.21. The molecule has 0 aliphatic carbocycles. The number of aromatic nitrogens is 2. The van der Waals surface area contributed by atoms with Crippen LogP contribution in [0.2, 0.25) is 4.34 Å². The summed E-state index contributed by atoms with van der Waals surface area (Å²) in [6.07, 6.45) is 3.75. The molecule has 0 radical (unpaired) electrons. The Morgan fingerprint density at radius 1 is 1.42 bits per heavy atom. The fourth-order valence-corrected chi connectivity index (χ4v) is 2.56. The molecule has 0 aromatic carbocycles. The van der Waals surface area contributed by atoms with Crippen LogP contribution in [0.3, 0.4) is 0 Å². The van der Waals surface area contributed by atoms with E-state index in [9.17, 15) is 4.79 Å². The van der Waals surface area contributed by atoms with Gasteiger partial charge in [-0.1, -0.05) is 11.6 Å². The van der Waals surface area contributed by atoms with Gasteiger partial charge < -0.3 is 10.6 Å². The Bertz CT molecular complexity index is 572. The molecule has 0 unspecified atom stereocenters. The Labute approximate surface area is 120 Å². The van der Waals surface area contributed by atoms with Crippen molar-refractivity contribution in [2.45, 2.75) is 6.42 Å². The second-order valence-corrected chi connectivity index (χ2v) is 5.55. The SMILES string of the molecule is CNc1cncc(C(=O)NCCc2ccc(Cl)s2)n1. The zero-order chi connectivity index (χ0) is 13.7. The maximum Gasteiger partial charge on any atom is 0.271 e. The zero-order valence-electron chi connectivity index (χ0n) is 10.3. The molecule has 0 saturated carbocycles. The standard InChI is InChI=1S/C12H13ClN4OS/c1-14-11-7-15-6-9(17-11)12(18)16-5-4-8-2-3-10(13)19-8/h2-3,6-7H,4-5H2,1H3,(H,14,17)(H,16,18). The zero-order valence-corrected chi connectivity index (χ0v) is 11.9. The molecular weight excluding hydrogens is 284 g/mol. The van der Waals surface area contributed by atoms with Gasteiger partial charge >= 0.3 is 0 Å². The number of carbonyl (C=O) groups excluding carboxylic acids is 1. The van der Waals surface area contributed by atoms with E-state index < -0.39 is 0 Å². The molecule has 2 aromatic rings. The van der Waals surface area contributed by atoms with Crippen LogP contribution in [-0.4, -0.2) is 29.5 Å². The second kappa shape index (κ2) is 6.49. The number of nitrogens with zero attached hydrogens (tertiary/aromatic N) is 2. The van der Waals surface area contributed by atoms with Crippen molar-refractivity contribution in [1.29, 1.82) is 0 Å². The molecule has 0 aliphatic heterocycles. The molecule has 19 heavy (non-hydrogen) atoms. The number of hydrogen-bond donors (Lipinski definition) is 2. The number of rotatable bonds is 5. The van der Waals surface area contributed by atoms with E-state index in [0.29, 0.717) is 18.1 Å². The highest BCUT2D eigenvalue weighted by molar-refractivity contribution is 7.16. The molecule has 2 rings (SSSR count). The third-order valence-corrected chi connectivity index (χ3v) is 3.70. The van der Waals surface area contributed by atoms with Gasteiger partial charge in [-0.2, -0.15) is 0 Å². The van der Waals surface area contributed by atoms with E-state index in [4.69, 9.17) is 11.6 Å². The maximum atomic E-state index is 11.8. The molecule has 5 nitrogen and oxygen atoms in total.